The van der Waals surface area contributed by atoms with Crippen molar-refractivity contribution in [2.75, 3.05) is 18.0 Å². The quantitative estimate of drug-likeness (QED) is 0.621. The van der Waals surface area contributed by atoms with E-state index in [1.54, 1.807) is 24.3 Å². The van der Waals surface area contributed by atoms with Gasteiger partial charge in [-0.15, -0.1) is 0 Å². The third-order valence-corrected chi connectivity index (χ3v) is 3.87. The van der Waals surface area contributed by atoms with E-state index >= 15 is 0 Å². The minimum atomic E-state index is -1.72. The lowest BCUT2D eigenvalue weighted by Crippen LogP contribution is -2.37. The van der Waals surface area contributed by atoms with E-state index in [0.29, 0.717) is 17.3 Å². The molecule has 0 aromatic heterocycles. The van der Waals surface area contributed by atoms with Crippen molar-refractivity contribution in [2.45, 2.75) is 13.8 Å². The van der Waals surface area contributed by atoms with E-state index in [0.717, 1.165) is 6.07 Å². The van der Waals surface area contributed by atoms with E-state index in [1.807, 2.05) is 0 Å². The van der Waals surface area contributed by atoms with E-state index in [2.05, 4.69) is 5.32 Å². The zero-order valence-electron chi connectivity index (χ0n) is 14.7. The average Bonchev–Trinajstić information content (AvgIpc) is 2.63. The van der Waals surface area contributed by atoms with Gasteiger partial charge in [-0.2, -0.15) is 0 Å². The number of halogens is 3. The van der Waals surface area contributed by atoms with Crippen molar-refractivity contribution in [1.29, 1.82) is 0 Å². The topological polar surface area (TPSA) is 66.5 Å². The summed E-state index contributed by atoms with van der Waals surface area (Å²) in [6.07, 6.45) is 0. The number of carbonyl (C=O) groups is 3. The molecule has 2 amide bonds. The first kappa shape index (κ1) is 20.2. The normalized spacial score (nSPS) is 10.4. The Bertz CT molecular complexity index is 883. The summed E-state index contributed by atoms with van der Waals surface area (Å²) in [6.45, 7) is 2.76. The number of rotatable bonds is 6. The highest BCUT2D eigenvalue weighted by molar-refractivity contribution is 5.96. The van der Waals surface area contributed by atoms with Crippen LogP contribution in [0.15, 0.2) is 36.4 Å². The van der Waals surface area contributed by atoms with Gasteiger partial charge in [-0.25, -0.2) is 13.2 Å². The van der Waals surface area contributed by atoms with Gasteiger partial charge in [-0.05, 0) is 43.3 Å². The first-order chi connectivity index (χ1) is 12.7. The van der Waals surface area contributed by atoms with E-state index in [9.17, 15) is 27.6 Å². The van der Waals surface area contributed by atoms with Crippen molar-refractivity contribution < 1.29 is 27.6 Å². The van der Waals surface area contributed by atoms with Crippen LogP contribution in [-0.4, -0.2) is 30.7 Å². The summed E-state index contributed by atoms with van der Waals surface area (Å²) >= 11 is 0. The summed E-state index contributed by atoms with van der Waals surface area (Å²) in [6, 6.07) is 7.83. The number of ketones is 1. The Hall–Kier alpha value is -3.16. The maximum atomic E-state index is 13.6. The lowest BCUT2D eigenvalue weighted by molar-refractivity contribution is -0.116. The van der Waals surface area contributed by atoms with E-state index in [1.165, 1.54) is 18.7 Å². The molecule has 0 spiro atoms. The summed E-state index contributed by atoms with van der Waals surface area (Å²) in [4.78, 5) is 36.5. The van der Waals surface area contributed by atoms with Gasteiger partial charge >= 0.3 is 0 Å². The van der Waals surface area contributed by atoms with Crippen LogP contribution < -0.4 is 10.2 Å². The average molecular weight is 378 g/mol. The van der Waals surface area contributed by atoms with Gasteiger partial charge in [0.05, 0.1) is 5.56 Å². The molecule has 0 bridgehead atoms. The van der Waals surface area contributed by atoms with Gasteiger partial charge < -0.3 is 10.2 Å². The maximum absolute atomic E-state index is 13.6. The van der Waals surface area contributed by atoms with Gasteiger partial charge in [0.25, 0.3) is 5.91 Å². The maximum Gasteiger partial charge on any atom is 0.254 e. The fraction of sp³-hybridized carbons (Fsp3) is 0.211. The number of amides is 2. The molecule has 5 nitrogen and oxygen atoms in total. The predicted octanol–water partition coefficient (Wildman–Crippen LogP) is 3.09. The van der Waals surface area contributed by atoms with Crippen LogP contribution in [0.25, 0.3) is 0 Å². The Morgan fingerprint density at radius 3 is 2.11 bits per heavy atom. The predicted molar refractivity (Wildman–Crippen MR) is 93.1 cm³/mol. The minimum absolute atomic E-state index is 0.0503. The van der Waals surface area contributed by atoms with Crippen molar-refractivity contribution in [2.24, 2.45) is 0 Å². The molecule has 0 aliphatic carbocycles. The Labute approximate surface area is 153 Å². The molecular formula is C19H17F3N2O3. The van der Waals surface area contributed by atoms with Crippen molar-refractivity contribution in [3.8, 4) is 0 Å². The molecule has 0 heterocycles. The van der Waals surface area contributed by atoms with Gasteiger partial charge in [0, 0.05) is 31.3 Å². The SMILES string of the molecule is CC(=O)c1ccc(N(CCNC(=O)c2ccc(F)c(F)c2F)C(C)=O)cc1. The first-order valence-electron chi connectivity index (χ1n) is 8.03. The van der Waals surface area contributed by atoms with Gasteiger partial charge in [0.1, 0.15) is 0 Å². The smallest absolute Gasteiger partial charge is 0.254 e. The molecule has 0 saturated heterocycles. The van der Waals surface area contributed by atoms with Crippen molar-refractivity contribution in [3.63, 3.8) is 0 Å². The van der Waals surface area contributed by atoms with Gasteiger partial charge in [0.15, 0.2) is 23.2 Å². The summed E-state index contributed by atoms with van der Waals surface area (Å²) < 4.78 is 39.8. The van der Waals surface area contributed by atoms with E-state index < -0.39 is 28.9 Å². The van der Waals surface area contributed by atoms with Gasteiger partial charge in [-0.3, -0.25) is 14.4 Å². The Balaban J connectivity index is 2.04. The number of hydrogen-bond acceptors (Lipinski definition) is 3. The lowest BCUT2D eigenvalue weighted by atomic mass is 10.1. The molecule has 2 rings (SSSR count). The molecule has 0 aliphatic heterocycles. The number of hydrogen-bond donors (Lipinski definition) is 1. The number of benzene rings is 2. The van der Waals surface area contributed by atoms with Crippen LogP contribution >= 0.6 is 0 Å². The summed E-state index contributed by atoms with van der Waals surface area (Å²) in [5, 5.41) is 2.36. The fourth-order valence-electron chi connectivity index (χ4n) is 2.42. The molecule has 0 fully saturated rings. The molecule has 8 heteroatoms. The molecule has 2 aromatic rings. The van der Waals surface area contributed by atoms with Gasteiger partial charge in [-0.1, -0.05) is 0 Å². The molecule has 142 valence electrons. The van der Waals surface area contributed by atoms with E-state index in [-0.39, 0.29) is 24.8 Å². The van der Waals surface area contributed by atoms with E-state index in [4.69, 9.17) is 0 Å². The van der Waals surface area contributed by atoms with Crippen LogP contribution in [0.1, 0.15) is 34.6 Å². The van der Waals surface area contributed by atoms with Crippen LogP contribution in [0.2, 0.25) is 0 Å². The first-order valence-corrected chi connectivity index (χ1v) is 8.03. The summed E-state index contributed by atoms with van der Waals surface area (Å²) in [5.41, 5.74) is 0.374. The third kappa shape index (κ3) is 4.72. The molecule has 0 saturated carbocycles. The molecule has 0 atom stereocenters. The van der Waals surface area contributed by atoms with Gasteiger partial charge in [0.2, 0.25) is 5.91 Å². The second-order valence-electron chi connectivity index (χ2n) is 5.75. The minimum Gasteiger partial charge on any atom is -0.350 e. The van der Waals surface area contributed by atoms with Crippen LogP contribution in [0.5, 0.6) is 0 Å². The molecule has 27 heavy (non-hydrogen) atoms. The highest BCUT2D eigenvalue weighted by Gasteiger charge is 2.19. The van der Waals surface area contributed by atoms with Crippen LogP contribution in [0.4, 0.5) is 18.9 Å². The second kappa shape index (κ2) is 8.48. The molecule has 1 N–H and O–H groups in total. The van der Waals surface area contributed by atoms with Crippen LogP contribution in [-0.2, 0) is 4.79 Å². The summed E-state index contributed by atoms with van der Waals surface area (Å²) in [7, 11) is 0. The lowest BCUT2D eigenvalue weighted by Gasteiger charge is -2.21. The number of nitrogens with zero attached hydrogens (tertiary/aromatic N) is 1. The fourth-order valence-corrected chi connectivity index (χ4v) is 2.42. The Morgan fingerprint density at radius 2 is 1.56 bits per heavy atom. The zero-order chi connectivity index (χ0) is 20.1. The monoisotopic (exact) mass is 378 g/mol. The highest BCUT2D eigenvalue weighted by atomic mass is 19.2. The van der Waals surface area contributed by atoms with Crippen molar-refractivity contribution in [1.82, 2.24) is 5.32 Å². The molecule has 2 aromatic carbocycles. The molecule has 0 unspecified atom stereocenters. The number of anilines is 1. The number of Topliss-reactive ketones (excluding diaryl/α,β-unsaturated/α-hetero) is 1. The summed E-state index contributed by atoms with van der Waals surface area (Å²) in [5.74, 6) is -6.03. The van der Waals surface area contributed by atoms with Crippen LogP contribution in [0, 0.1) is 17.5 Å². The number of nitrogens with one attached hydrogen (secondary N) is 1. The van der Waals surface area contributed by atoms with Crippen molar-refractivity contribution in [3.05, 3.63) is 65.0 Å². The molecule has 0 aliphatic rings. The standard InChI is InChI=1S/C19H17F3N2O3/c1-11(25)13-3-5-14(6-4-13)24(12(2)26)10-9-23-19(27)15-7-8-16(20)18(22)17(15)21/h3-8H,9-10H2,1-2H3,(H,23,27). The molecular weight excluding hydrogens is 361 g/mol. The Morgan fingerprint density at radius 1 is 0.926 bits per heavy atom. The number of carbonyl (C=O) groups excluding carboxylic acids is 3. The largest absolute Gasteiger partial charge is 0.350 e. The second-order valence-corrected chi connectivity index (χ2v) is 5.75. The van der Waals surface area contributed by atoms with Crippen LogP contribution in [0.3, 0.4) is 0 Å². The molecule has 0 radical (unpaired) electrons. The third-order valence-electron chi connectivity index (χ3n) is 3.87. The van der Waals surface area contributed by atoms with Crippen molar-refractivity contribution >= 4 is 23.3 Å². The highest BCUT2D eigenvalue weighted by Crippen LogP contribution is 2.17. The Kier molecular flexibility index (Phi) is 6.33. The zero-order valence-corrected chi connectivity index (χ0v) is 14.7.